The molecule has 0 saturated carbocycles. The summed E-state index contributed by atoms with van der Waals surface area (Å²) in [5.74, 6) is -1.21. The van der Waals surface area contributed by atoms with Gasteiger partial charge >= 0.3 is 11.9 Å². The molecule has 5 atom stereocenters. The SMILES string of the molecule is C=CCO[C@@H]1O[C@@H](C)[C@H](OC(=O)c2ccccc2)[C@@H](OC(C)=O)[C@H]1O. The van der Waals surface area contributed by atoms with Gasteiger partial charge in [-0.1, -0.05) is 24.3 Å². The number of hydrogen-bond acceptors (Lipinski definition) is 7. The number of rotatable bonds is 6. The second-order valence-electron chi connectivity index (χ2n) is 5.63. The minimum absolute atomic E-state index is 0.149. The number of ether oxygens (including phenoxy) is 4. The first kappa shape index (κ1) is 19.1. The Hall–Kier alpha value is -2.22. The quantitative estimate of drug-likeness (QED) is 0.613. The van der Waals surface area contributed by atoms with Gasteiger partial charge in [0.05, 0.1) is 18.3 Å². The molecule has 0 aromatic heterocycles. The van der Waals surface area contributed by atoms with Crippen LogP contribution in [0.3, 0.4) is 0 Å². The highest BCUT2D eigenvalue weighted by atomic mass is 16.7. The Labute approximate surface area is 146 Å². The van der Waals surface area contributed by atoms with Crippen LogP contribution in [0.15, 0.2) is 43.0 Å². The van der Waals surface area contributed by atoms with E-state index in [1.54, 1.807) is 37.3 Å². The molecule has 0 amide bonds. The van der Waals surface area contributed by atoms with E-state index < -0.39 is 42.6 Å². The van der Waals surface area contributed by atoms with E-state index in [0.29, 0.717) is 5.56 Å². The second kappa shape index (κ2) is 8.75. The first-order valence-corrected chi connectivity index (χ1v) is 7.93. The van der Waals surface area contributed by atoms with Gasteiger partial charge in [-0.15, -0.1) is 6.58 Å². The van der Waals surface area contributed by atoms with E-state index in [-0.39, 0.29) is 6.61 Å². The molecule has 1 aliphatic heterocycles. The van der Waals surface area contributed by atoms with Crippen LogP contribution in [0.2, 0.25) is 0 Å². The number of carbonyl (C=O) groups excluding carboxylic acids is 2. The number of benzene rings is 1. The Kier molecular flexibility index (Phi) is 6.69. The summed E-state index contributed by atoms with van der Waals surface area (Å²) < 4.78 is 21.5. The average molecular weight is 350 g/mol. The molecule has 0 aliphatic carbocycles. The predicted octanol–water partition coefficient (Wildman–Crippen LogP) is 1.45. The van der Waals surface area contributed by atoms with Crippen molar-refractivity contribution < 1.29 is 33.6 Å². The lowest BCUT2D eigenvalue weighted by molar-refractivity contribution is -0.292. The lowest BCUT2D eigenvalue weighted by atomic mass is 9.99. The summed E-state index contributed by atoms with van der Waals surface area (Å²) >= 11 is 0. The molecule has 1 aromatic carbocycles. The molecule has 0 unspecified atom stereocenters. The molecule has 1 N–H and O–H groups in total. The van der Waals surface area contributed by atoms with Crippen LogP contribution in [-0.2, 0) is 23.7 Å². The first-order valence-electron chi connectivity index (χ1n) is 7.93. The molecule has 0 spiro atoms. The van der Waals surface area contributed by atoms with E-state index >= 15 is 0 Å². The van der Waals surface area contributed by atoms with E-state index in [2.05, 4.69) is 6.58 Å². The van der Waals surface area contributed by atoms with Crippen LogP contribution in [0, 0.1) is 0 Å². The minimum atomic E-state index is -1.31. The maximum atomic E-state index is 12.3. The average Bonchev–Trinajstić information content (AvgIpc) is 2.60. The number of aliphatic hydroxyl groups is 1. The third kappa shape index (κ3) is 4.88. The minimum Gasteiger partial charge on any atom is -0.455 e. The van der Waals surface area contributed by atoms with Gasteiger partial charge in [0.25, 0.3) is 0 Å². The third-order valence-electron chi connectivity index (χ3n) is 3.68. The summed E-state index contributed by atoms with van der Waals surface area (Å²) in [6, 6.07) is 8.38. The van der Waals surface area contributed by atoms with Crippen molar-refractivity contribution in [1.82, 2.24) is 0 Å². The first-order chi connectivity index (χ1) is 11.9. The summed E-state index contributed by atoms with van der Waals surface area (Å²) in [5, 5.41) is 10.4. The molecule has 0 bridgehead atoms. The van der Waals surface area contributed by atoms with Crippen LogP contribution in [-0.4, -0.2) is 54.4 Å². The van der Waals surface area contributed by atoms with Crippen molar-refractivity contribution in [2.24, 2.45) is 0 Å². The number of aliphatic hydroxyl groups excluding tert-OH is 1. The van der Waals surface area contributed by atoms with Gasteiger partial charge in [-0.2, -0.15) is 0 Å². The molecular weight excluding hydrogens is 328 g/mol. The van der Waals surface area contributed by atoms with Gasteiger partial charge in [0.15, 0.2) is 18.5 Å². The third-order valence-corrected chi connectivity index (χ3v) is 3.68. The maximum Gasteiger partial charge on any atom is 0.338 e. The smallest absolute Gasteiger partial charge is 0.338 e. The molecule has 7 heteroatoms. The number of hydrogen-bond donors (Lipinski definition) is 1. The largest absolute Gasteiger partial charge is 0.455 e. The Morgan fingerprint density at radius 1 is 1.24 bits per heavy atom. The summed E-state index contributed by atoms with van der Waals surface area (Å²) in [7, 11) is 0. The summed E-state index contributed by atoms with van der Waals surface area (Å²) in [4.78, 5) is 23.7. The normalized spacial score (nSPS) is 28.8. The topological polar surface area (TPSA) is 91.3 Å². The van der Waals surface area contributed by atoms with Crippen molar-refractivity contribution in [2.45, 2.75) is 44.6 Å². The van der Waals surface area contributed by atoms with E-state index in [1.165, 1.54) is 13.0 Å². The van der Waals surface area contributed by atoms with E-state index in [9.17, 15) is 14.7 Å². The van der Waals surface area contributed by atoms with Crippen molar-refractivity contribution in [3.8, 4) is 0 Å². The molecule has 25 heavy (non-hydrogen) atoms. The Balaban J connectivity index is 2.17. The number of esters is 2. The fraction of sp³-hybridized carbons (Fsp3) is 0.444. The van der Waals surface area contributed by atoms with Crippen LogP contribution >= 0.6 is 0 Å². The van der Waals surface area contributed by atoms with Crippen LogP contribution in [0.4, 0.5) is 0 Å². The fourth-order valence-corrected chi connectivity index (χ4v) is 2.54. The zero-order valence-corrected chi connectivity index (χ0v) is 14.2. The zero-order valence-electron chi connectivity index (χ0n) is 14.2. The summed E-state index contributed by atoms with van der Waals surface area (Å²) in [5.41, 5.74) is 0.343. The van der Waals surface area contributed by atoms with Crippen molar-refractivity contribution in [3.05, 3.63) is 48.6 Å². The highest BCUT2D eigenvalue weighted by Gasteiger charge is 2.48. The van der Waals surface area contributed by atoms with Gasteiger partial charge in [0.2, 0.25) is 0 Å². The fourth-order valence-electron chi connectivity index (χ4n) is 2.54. The second-order valence-corrected chi connectivity index (χ2v) is 5.63. The van der Waals surface area contributed by atoms with E-state index in [4.69, 9.17) is 18.9 Å². The monoisotopic (exact) mass is 350 g/mol. The van der Waals surface area contributed by atoms with Gasteiger partial charge in [0.1, 0.15) is 6.10 Å². The molecule has 136 valence electrons. The molecule has 1 aliphatic rings. The summed E-state index contributed by atoms with van der Waals surface area (Å²) in [6.45, 7) is 6.54. The molecule has 1 aromatic rings. The Bertz CT molecular complexity index is 601. The Morgan fingerprint density at radius 3 is 2.52 bits per heavy atom. The van der Waals surface area contributed by atoms with Gasteiger partial charge in [0, 0.05) is 6.92 Å². The molecule has 1 heterocycles. The van der Waals surface area contributed by atoms with Crippen molar-refractivity contribution in [2.75, 3.05) is 6.61 Å². The molecule has 1 saturated heterocycles. The van der Waals surface area contributed by atoms with Crippen LogP contribution in [0.1, 0.15) is 24.2 Å². The maximum absolute atomic E-state index is 12.3. The van der Waals surface area contributed by atoms with E-state index in [1.807, 2.05) is 0 Å². The van der Waals surface area contributed by atoms with Gasteiger partial charge in [-0.25, -0.2) is 4.79 Å². The standard InChI is InChI=1S/C18H22O7/c1-4-10-22-18-14(20)16(24-12(3)19)15(11(2)23-18)25-17(21)13-8-6-5-7-9-13/h4-9,11,14-16,18,20H,1,10H2,2-3H3/t11-,14+,15-,16-,18+/m0/s1. The van der Waals surface area contributed by atoms with Crippen LogP contribution in [0.25, 0.3) is 0 Å². The highest BCUT2D eigenvalue weighted by molar-refractivity contribution is 5.89. The van der Waals surface area contributed by atoms with E-state index in [0.717, 1.165) is 0 Å². The van der Waals surface area contributed by atoms with Gasteiger partial charge in [-0.05, 0) is 19.1 Å². The Morgan fingerprint density at radius 2 is 1.92 bits per heavy atom. The van der Waals surface area contributed by atoms with Crippen LogP contribution < -0.4 is 0 Å². The molecule has 0 radical (unpaired) electrons. The highest BCUT2D eigenvalue weighted by Crippen LogP contribution is 2.27. The lowest BCUT2D eigenvalue weighted by Gasteiger charge is -2.42. The zero-order chi connectivity index (χ0) is 18.4. The van der Waals surface area contributed by atoms with Gasteiger partial charge < -0.3 is 24.1 Å². The molecular formula is C18H22O7. The van der Waals surface area contributed by atoms with Crippen molar-refractivity contribution in [3.63, 3.8) is 0 Å². The number of carbonyl (C=O) groups is 2. The molecule has 7 nitrogen and oxygen atoms in total. The van der Waals surface area contributed by atoms with Gasteiger partial charge in [-0.3, -0.25) is 4.79 Å². The molecule has 1 fully saturated rings. The lowest BCUT2D eigenvalue weighted by Crippen LogP contribution is -2.60. The van der Waals surface area contributed by atoms with Crippen molar-refractivity contribution in [1.29, 1.82) is 0 Å². The molecule has 2 rings (SSSR count). The summed E-state index contributed by atoms with van der Waals surface area (Å²) in [6.07, 6.45) is -3.57. The predicted molar refractivity (Wildman–Crippen MR) is 87.7 cm³/mol. The van der Waals surface area contributed by atoms with Crippen molar-refractivity contribution >= 4 is 11.9 Å². The van der Waals surface area contributed by atoms with Crippen LogP contribution in [0.5, 0.6) is 0 Å².